The Bertz CT molecular complexity index is 653. The summed E-state index contributed by atoms with van der Waals surface area (Å²) in [6, 6.07) is 7.90. The van der Waals surface area contributed by atoms with Crippen molar-refractivity contribution in [3.8, 4) is 0 Å². The third-order valence-corrected chi connectivity index (χ3v) is 3.88. The first-order chi connectivity index (χ1) is 13.0. The molecule has 28 heavy (non-hydrogen) atoms. The van der Waals surface area contributed by atoms with E-state index in [1.807, 2.05) is 44.2 Å². The highest BCUT2D eigenvalue weighted by atomic mass is 16.6. The Balaban J connectivity index is 2.88. The summed E-state index contributed by atoms with van der Waals surface area (Å²) in [4.78, 5) is 37.2. The number of benzene rings is 1. The maximum absolute atomic E-state index is 12.8. The molecule has 0 heterocycles. The molecule has 3 N–H and O–H groups in total. The largest absolute Gasteiger partial charge is 0.444 e. The SMILES string of the molecule is CNC(=O)[C@@H](Cc1ccccc1)NC(=O)[C@H](CC(C)C)NC(=O)OC(C)(C)C. The van der Waals surface area contributed by atoms with E-state index in [0.717, 1.165) is 5.56 Å². The number of rotatable bonds is 8. The van der Waals surface area contributed by atoms with Crippen LogP contribution in [0.1, 0.15) is 46.6 Å². The van der Waals surface area contributed by atoms with Crippen molar-refractivity contribution in [1.29, 1.82) is 0 Å². The van der Waals surface area contributed by atoms with E-state index in [0.29, 0.717) is 12.8 Å². The van der Waals surface area contributed by atoms with E-state index in [2.05, 4.69) is 16.0 Å². The van der Waals surface area contributed by atoms with Crippen LogP contribution in [0.2, 0.25) is 0 Å². The Hall–Kier alpha value is -2.57. The van der Waals surface area contributed by atoms with E-state index in [1.54, 1.807) is 20.8 Å². The Morgan fingerprint density at radius 2 is 1.57 bits per heavy atom. The highest BCUT2D eigenvalue weighted by Gasteiger charge is 2.28. The van der Waals surface area contributed by atoms with Crippen molar-refractivity contribution in [2.24, 2.45) is 5.92 Å². The molecule has 0 saturated heterocycles. The molecule has 7 nitrogen and oxygen atoms in total. The fraction of sp³-hybridized carbons (Fsp3) is 0.571. The standard InChI is InChI=1S/C21H33N3O4/c1-14(2)12-16(24-20(27)28-21(3,4)5)19(26)23-17(18(25)22-6)13-15-10-8-7-9-11-15/h7-11,14,16-17H,12-13H2,1-6H3,(H,22,25)(H,23,26)(H,24,27)/t16-,17+/m0/s1. The second-order valence-corrected chi connectivity index (χ2v) is 8.19. The normalized spacial score (nSPS) is 13.4. The van der Waals surface area contributed by atoms with Crippen LogP contribution in [0.3, 0.4) is 0 Å². The van der Waals surface area contributed by atoms with Gasteiger partial charge in [0.05, 0.1) is 0 Å². The van der Waals surface area contributed by atoms with Gasteiger partial charge >= 0.3 is 6.09 Å². The van der Waals surface area contributed by atoms with Gasteiger partial charge in [-0.15, -0.1) is 0 Å². The van der Waals surface area contributed by atoms with E-state index in [-0.39, 0.29) is 11.8 Å². The highest BCUT2D eigenvalue weighted by molar-refractivity contribution is 5.91. The fourth-order valence-corrected chi connectivity index (χ4v) is 2.66. The van der Waals surface area contributed by atoms with Crippen LogP contribution in [0.25, 0.3) is 0 Å². The van der Waals surface area contributed by atoms with Crippen LogP contribution in [0.15, 0.2) is 30.3 Å². The van der Waals surface area contributed by atoms with Gasteiger partial charge in [0.1, 0.15) is 17.7 Å². The van der Waals surface area contributed by atoms with Gasteiger partial charge in [-0.3, -0.25) is 9.59 Å². The molecule has 0 unspecified atom stereocenters. The number of hydrogen-bond acceptors (Lipinski definition) is 4. The van der Waals surface area contributed by atoms with Gasteiger partial charge in [0.25, 0.3) is 0 Å². The lowest BCUT2D eigenvalue weighted by Gasteiger charge is -2.26. The summed E-state index contributed by atoms with van der Waals surface area (Å²) < 4.78 is 5.26. The molecule has 7 heteroatoms. The lowest BCUT2D eigenvalue weighted by Crippen LogP contribution is -2.54. The summed E-state index contributed by atoms with van der Waals surface area (Å²) in [5.74, 6) is -0.542. The molecule has 0 aliphatic carbocycles. The van der Waals surface area contributed by atoms with Gasteiger partial charge in [-0.25, -0.2) is 4.79 Å². The van der Waals surface area contributed by atoms with Gasteiger partial charge in [-0.2, -0.15) is 0 Å². The molecule has 0 aliphatic rings. The Morgan fingerprint density at radius 3 is 2.07 bits per heavy atom. The van der Waals surface area contributed by atoms with Crippen molar-refractivity contribution in [3.63, 3.8) is 0 Å². The Morgan fingerprint density at radius 1 is 0.964 bits per heavy atom. The lowest BCUT2D eigenvalue weighted by atomic mass is 10.0. The van der Waals surface area contributed by atoms with Crippen LogP contribution in [-0.4, -0.2) is 42.6 Å². The number of likely N-dealkylation sites (N-methyl/N-ethyl adjacent to an activating group) is 1. The minimum Gasteiger partial charge on any atom is -0.444 e. The van der Waals surface area contributed by atoms with Crippen molar-refractivity contribution in [2.45, 2.75) is 65.1 Å². The predicted octanol–water partition coefficient (Wildman–Crippen LogP) is 2.40. The third-order valence-electron chi connectivity index (χ3n) is 3.88. The first-order valence-electron chi connectivity index (χ1n) is 9.57. The summed E-state index contributed by atoms with van der Waals surface area (Å²) in [6.45, 7) is 9.18. The Labute approximate surface area is 167 Å². The number of carbonyl (C=O) groups excluding carboxylic acids is 3. The number of nitrogens with one attached hydrogen (secondary N) is 3. The van der Waals surface area contributed by atoms with Crippen LogP contribution in [0.4, 0.5) is 4.79 Å². The van der Waals surface area contributed by atoms with E-state index >= 15 is 0 Å². The maximum Gasteiger partial charge on any atom is 0.408 e. The minimum atomic E-state index is -0.794. The quantitative estimate of drug-likeness (QED) is 0.634. The fourth-order valence-electron chi connectivity index (χ4n) is 2.66. The summed E-state index contributed by atoms with van der Waals surface area (Å²) in [6.07, 6.45) is 0.122. The molecule has 1 aromatic carbocycles. The van der Waals surface area contributed by atoms with Gasteiger partial charge < -0.3 is 20.7 Å². The van der Waals surface area contributed by atoms with E-state index in [9.17, 15) is 14.4 Å². The zero-order valence-electron chi connectivity index (χ0n) is 17.7. The molecule has 2 atom stereocenters. The van der Waals surface area contributed by atoms with Crippen LogP contribution in [-0.2, 0) is 20.7 Å². The molecule has 0 aliphatic heterocycles. The molecular weight excluding hydrogens is 358 g/mol. The summed E-state index contributed by atoms with van der Waals surface area (Å²) in [5.41, 5.74) is 0.262. The zero-order chi connectivity index (χ0) is 21.3. The van der Waals surface area contributed by atoms with Crippen LogP contribution < -0.4 is 16.0 Å². The number of hydrogen-bond donors (Lipinski definition) is 3. The summed E-state index contributed by atoms with van der Waals surface area (Å²) in [7, 11) is 1.52. The smallest absolute Gasteiger partial charge is 0.408 e. The summed E-state index contributed by atoms with van der Waals surface area (Å²) in [5, 5.41) is 7.97. The average Bonchev–Trinajstić information content (AvgIpc) is 2.58. The van der Waals surface area contributed by atoms with E-state index in [1.165, 1.54) is 7.05 Å². The van der Waals surface area contributed by atoms with E-state index in [4.69, 9.17) is 4.74 Å². The van der Waals surface area contributed by atoms with Gasteiger partial charge in [-0.05, 0) is 38.7 Å². The Kier molecular flexibility index (Phi) is 8.96. The van der Waals surface area contributed by atoms with Gasteiger partial charge in [0.2, 0.25) is 11.8 Å². The average molecular weight is 392 g/mol. The van der Waals surface area contributed by atoms with E-state index < -0.39 is 29.7 Å². The van der Waals surface area contributed by atoms with Crippen LogP contribution >= 0.6 is 0 Å². The molecule has 3 amide bonds. The van der Waals surface area contributed by atoms with Gasteiger partial charge in [0.15, 0.2) is 0 Å². The molecule has 0 radical (unpaired) electrons. The first kappa shape index (κ1) is 23.5. The monoisotopic (exact) mass is 391 g/mol. The van der Waals surface area contributed by atoms with Crippen molar-refractivity contribution in [2.75, 3.05) is 7.05 Å². The second-order valence-electron chi connectivity index (χ2n) is 8.19. The minimum absolute atomic E-state index is 0.165. The van der Waals surface area contributed by atoms with Crippen molar-refractivity contribution in [3.05, 3.63) is 35.9 Å². The molecule has 1 rings (SSSR count). The zero-order valence-corrected chi connectivity index (χ0v) is 17.7. The maximum atomic E-state index is 12.8. The number of ether oxygens (including phenoxy) is 1. The van der Waals surface area contributed by atoms with Crippen molar-refractivity contribution >= 4 is 17.9 Å². The number of amides is 3. The molecule has 0 spiro atoms. The summed E-state index contributed by atoms with van der Waals surface area (Å²) >= 11 is 0. The molecule has 0 saturated carbocycles. The lowest BCUT2D eigenvalue weighted by molar-refractivity contribution is -0.130. The first-order valence-corrected chi connectivity index (χ1v) is 9.57. The highest BCUT2D eigenvalue weighted by Crippen LogP contribution is 2.10. The van der Waals surface area contributed by atoms with Crippen LogP contribution in [0.5, 0.6) is 0 Å². The second kappa shape index (κ2) is 10.7. The molecule has 0 bridgehead atoms. The van der Waals surface area contributed by atoms with Crippen molar-refractivity contribution in [1.82, 2.24) is 16.0 Å². The third kappa shape index (κ3) is 8.88. The van der Waals surface area contributed by atoms with Crippen molar-refractivity contribution < 1.29 is 19.1 Å². The molecular formula is C21H33N3O4. The predicted molar refractivity (Wildman–Crippen MR) is 109 cm³/mol. The van der Waals surface area contributed by atoms with Gasteiger partial charge in [-0.1, -0.05) is 44.2 Å². The van der Waals surface area contributed by atoms with Crippen LogP contribution in [0, 0.1) is 5.92 Å². The number of carbonyl (C=O) groups is 3. The molecule has 0 fully saturated rings. The van der Waals surface area contributed by atoms with Gasteiger partial charge in [0, 0.05) is 13.5 Å². The molecule has 156 valence electrons. The topological polar surface area (TPSA) is 96.5 Å². The number of alkyl carbamates (subject to hydrolysis) is 1. The molecule has 0 aromatic heterocycles. The molecule has 1 aromatic rings.